The Kier molecular flexibility index (Phi) is 4.05. The van der Waals surface area contributed by atoms with Crippen molar-refractivity contribution < 1.29 is 14.3 Å². The molecule has 4 heteroatoms. The molecule has 0 unspecified atom stereocenters. The Bertz CT molecular complexity index is 243. The van der Waals surface area contributed by atoms with Crippen molar-refractivity contribution in [3.05, 3.63) is 24.2 Å². The Balaban J connectivity index is 1.99. The normalized spacial score (nSPS) is 10.2. The topological polar surface area (TPSA) is 62.5 Å². The van der Waals surface area contributed by atoms with Crippen LogP contribution in [0.3, 0.4) is 0 Å². The molecule has 0 bridgehead atoms. The Hall–Kier alpha value is -1.29. The van der Waals surface area contributed by atoms with E-state index in [0.717, 1.165) is 18.7 Å². The van der Waals surface area contributed by atoms with E-state index in [9.17, 15) is 4.79 Å². The quantitative estimate of drug-likeness (QED) is 0.651. The average molecular weight is 183 g/mol. The first-order chi connectivity index (χ1) is 6.29. The molecule has 0 aliphatic carbocycles. The van der Waals surface area contributed by atoms with Crippen LogP contribution in [0.5, 0.6) is 0 Å². The van der Waals surface area contributed by atoms with Gasteiger partial charge >= 0.3 is 5.97 Å². The van der Waals surface area contributed by atoms with E-state index in [4.69, 9.17) is 9.52 Å². The summed E-state index contributed by atoms with van der Waals surface area (Å²) in [6, 6.07) is 1.88. The number of hydrogen-bond acceptors (Lipinski definition) is 3. The van der Waals surface area contributed by atoms with E-state index in [1.807, 2.05) is 6.07 Å². The fourth-order valence-electron chi connectivity index (χ4n) is 0.991. The van der Waals surface area contributed by atoms with Crippen LogP contribution in [0.4, 0.5) is 0 Å². The number of carboxylic acids is 1. The lowest BCUT2D eigenvalue weighted by molar-refractivity contribution is -0.137. The zero-order valence-electron chi connectivity index (χ0n) is 7.32. The third kappa shape index (κ3) is 4.32. The summed E-state index contributed by atoms with van der Waals surface area (Å²) in [6.45, 7) is 1.45. The van der Waals surface area contributed by atoms with Crippen LogP contribution < -0.4 is 5.32 Å². The maximum Gasteiger partial charge on any atom is 0.303 e. The highest BCUT2D eigenvalue weighted by Crippen LogP contribution is 1.98. The molecule has 0 aliphatic heterocycles. The van der Waals surface area contributed by atoms with Gasteiger partial charge in [0.1, 0.15) is 0 Å². The zero-order chi connectivity index (χ0) is 9.52. The first-order valence-corrected chi connectivity index (χ1v) is 4.22. The van der Waals surface area contributed by atoms with Crippen molar-refractivity contribution in [3.63, 3.8) is 0 Å². The minimum absolute atomic E-state index is 0.221. The van der Waals surface area contributed by atoms with E-state index in [1.165, 1.54) is 0 Å². The smallest absolute Gasteiger partial charge is 0.303 e. The molecule has 1 aromatic heterocycles. The lowest BCUT2D eigenvalue weighted by Crippen LogP contribution is -2.15. The fourth-order valence-corrected chi connectivity index (χ4v) is 0.991. The van der Waals surface area contributed by atoms with Gasteiger partial charge in [0, 0.05) is 18.5 Å². The van der Waals surface area contributed by atoms with Crippen LogP contribution in [0, 0.1) is 0 Å². The number of rotatable bonds is 6. The predicted molar refractivity (Wildman–Crippen MR) is 47.3 cm³/mol. The molecule has 72 valence electrons. The molecular formula is C9H13NO3. The lowest BCUT2D eigenvalue weighted by atomic mass is 10.3. The molecule has 0 amide bonds. The zero-order valence-corrected chi connectivity index (χ0v) is 7.32. The molecule has 0 atom stereocenters. The van der Waals surface area contributed by atoms with Crippen LogP contribution >= 0.6 is 0 Å². The summed E-state index contributed by atoms with van der Waals surface area (Å²) >= 11 is 0. The van der Waals surface area contributed by atoms with E-state index in [-0.39, 0.29) is 6.42 Å². The van der Waals surface area contributed by atoms with Crippen LogP contribution in [0.1, 0.15) is 18.4 Å². The molecule has 1 rings (SSSR count). The second kappa shape index (κ2) is 5.37. The molecule has 0 aliphatic rings. The second-order valence-electron chi connectivity index (χ2n) is 2.81. The molecule has 0 saturated carbocycles. The molecule has 1 heterocycles. The first kappa shape index (κ1) is 9.80. The lowest BCUT2D eigenvalue weighted by Gasteiger charge is -2.00. The minimum Gasteiger partial charge on any atom is -0.481 e. The number of hydrogen-bond donors (Lipinski definition) is 2. The van der Waals surface area contributed by atoms with Gasteiger partial charge in [-0.15, -0.1) is 0 Å². The second-order valence-corrected chi connectivity index (χ2v) is 2.81. The number of nitrogens with one attached hydrogen (secondary N) is 1. The van der Waals surface area contributed by atoms with Gasteiger partial charge in [0.25, 0.3) is 0 Å². The molecule has 0 aromatic carbocycles. The largest absolute Gasteiger partial charge is 0.481 e. The molecular weight excluding hydrogens is 170 g/mol. The molecule has 0 radical (unpaired) electrons. The summed E-state index contributed by atoms with van der Waals surface area (Å²) in [5.41, 5.74) is 1.08. The predicted octanol–water partition coefficient (Wildman–Crippen LogP) is 1.23. The summed E-state index contributed by atoms with van der Waals surface area (Å²) in [4.78, 5) is 10.1. The first-order valence-electron chi connectivity index (χ1n) is 4.22. The van der Waals surface area contributed by atoms with E-state index >= 15 is 0 Å². The Morgan fingerprint density at radius 3 is 3.08 bits per heavy atom. The van der Waals surface area contributed by atoms with Gasteiger partial charge in [-0.05, 0) is 19.0 Å². The van der Waals surface area contributed by atoms with Crippen molar-refractivity contribution in [2.45, 2.75) is 19.4 Å². The van der Waals surface area contributed by atoms with Gasteiger partial charge in [-0.25, -0.2) is 0 Å². The van der Waals surface area contributed by atoms with Gasteiger partial charge in [-0.3, -0.25) is 4.79 Å². The molecule has 0 spiro atoms. The molecule has 1 aromatic rings. The summed E-state index contributed by atoms with van der Waals surface area (Å²) in [7, 11) is 0. The van der Waals surface area contributed by atoms with Crippen LogP contribution in [0.25, 0.3) is 0 Å². The van der Waals surface area contributed by atoms with Crippen LogP contribution in [0.15, 0.2) is 23.0 Å². The van der Waals surface area contributed by atoms with E-state index in [1.54, 1.807) is 12.5 Å². The van der Waals surface area contributed by atoms with Crippen molar-refractivity contribution in [1.82, 2.24) is 5.32 Å². The highest BCUT2D eigenvalue weighted by Gasteiger charge is 1.96. The van der Waals surface area contributed by atoms with Crippen molar-refractivity contribution in [1.29, 1.82) is 0 Å². The van der Waals surface area contributed by atoms with Crippen molar-refractivity contribution >= 4 is 5.97 Å². The van der Waals surface area contributed by atoms with Gasteiger partial charge in [0.05, 0.1) is 12.5 Å². The van der Waals surface area contributed by atoms with Crippen molar-refractivity contribution in [3.8, 4) is 0 Å². The van der Waals surface area contributed by atoms with E-state index in [2.05, 4.69) is 5.32 Å². The molecule has 13 heavy (non-hydrogen) atoms. The number of carbonyl (C=O) groups is 1. The third-order valence-corrected chi connectivity index (χ3v) is 1.65. The number of aliphatic carboxylic acids is 1. The van der Waals surface area contributed by atoms with Gasteiger partial charge in [0.2, 0.25) is 0 Å². The van der Waals surface area contributed by atoms with Crippen LogP contribution in [-0.4, -0.2) is 17.6 Å². The average Bonchev–Trinajstić information content (AvgIpc) is 2.55. The van der Waals surface area contributed by atoms with Crippen LogP contribution in [-0.2, 0) is 11.3 Å². The van der Waals surface area contributed by atoms with Crippen molar-refractivity contribution in [2.24, 2.45) is 0 Å². The van der Waals surface area contributed by atoms with Gasteiger partial charge in [0.15, 0.2) is 0 Å². The highest BCUT2D eigenvalue weighted by molar-refractivity contribution is 5.66. The maximum absolute atomic E-state index is 10.1. The Morgan fingerprint density at radius 1 is 1.62 bits per heavy atom. The summed E-state index contributed by atoms with van der Waals surface area (Å²) < 4.78 is 4.88. The van der Waals surface area contributed by atoms with E-state index < -0.39 is 5.97 Å². The Morgan fingerprint density at radius 2 is 2.46 bits per heavy atom. The summed E-state index contributed by atoms with van der Waals surface area (Å²) in [5, 5.41) is 11.5. The third-order valence-electron chi connectivity index (χ3n) is 1.65. The van der Waals surface area contributed by atoms with Crippen molar-refractivity contribution in [2.75, 3.05) is 6.54 Å². The van der Waals surface area contributed by atoms with Gasteiger partial charge < -0.3 is 14.8 Å². The van der Waals surface area contributed by atoms with Gasteiger partial charge in [-0.1, -0.05) is 0 Å². The molecule has 2 N–H and O–H groups in total. The minimum atomic E-state index is -0.745. The molecule has 0 saturated heterocycles. The van der Waals surface area contributed by atoms with Crippen LogP contribution in [0.2, 0.25) is 0 Å². The molecule has 0 fully saturated rings. The molecule has 4 nitrogen and oxygen atoms in total. The van der Waals surface area contributed by atoms with E-state index in [0.29, 0.717) is 6.42 Å². The number of carboxylic acid groups (broad SMARTS) is 1. The highest BCUT2D eigenvalue weighted by atomic mass is 16.4. The summed E-state index contributed by atoms with van der Waals surface area (Å²) in [6.07, 6.45) is 4.17. The monoisotopic (exact) mass is 183 g/mol. The maximum atomic E-state index is 10.1. The van der Waals surface area contributed by atoms with Gasteiger partial charge in [-0.2, -0.15) is 0 Å². The Labute approximate surface area is 76.6 Å². The fraction of sp³-hybridized carbons (Fsp3) is 0.444. The number of furan rings is 1. The summed E-state index contributed by atoms with van der Waals surface area (Å²) in [5.74, 6) is -0.745. The SMILES string of the molecule is O=C(O)CCCNCc1ccoc1. The standard InChI is InChI=1S/C9H13NO3/c11-9(12)2-1-4-10-6-8-3-5-13-7-8/h3,5,7,10H,1-2,4,6H2,(H,11,12).